The molecule has 0 amide bonds. The Morgan fingerprint density at radius 2 is 1.52 bits per heavy atom. The van der Waals surface area contributed by atoms with E-state index in [0.29, 0.717) is 41.1 Å². The molecular formula is C18H20Cl2N2O2S. The predicted octanol–water partition coefficient (Wildman–Crippen LogP) is 4.12. The lowest BCUT2D eigenvalue weighted by Crippen LogP contribution is -2.49. The zero-order valence-corrected chi connectivity index (χ0v) is 16.5. The molecule has 1 fully saturated rings. The van der Waals surface area contributed by atoms with Crippen molar-refractivity contribution in [3.05, 3.63) is 57.6 Å². The molecule has 0 N–H and O–H groups in total. The van der Waals surface area contributed by atoms with Gasteiger partial charge in [-0.1, -0.05) is 47.0 Å². The van der Waals surface area contributed by atoms with Gasteiger partial charge in [0, 0.05) is 26.2 Å². The third-order valence-corrected chi connectivity index (χ3v) is 7.11. The van der Waals surface area contributed by atoms with Crippen LogP contribution in [0.1, 0.15) is 11.1 Å². The largest absolute Gasteiger partial charge is 0.366 e. The smallest absolute Gasteiger partial charge is 0.243 e. The Morgan fingerprint density at radius 1 is 0.920 bits per heavy atom. The van der Waals surface area contributed by atoms with E-state index in [1.54, 1.807) is 24.3 Å². The first kappa shape index (κ1) is 18.5. The van der Waals surface area contributed by atoms with E-state index in [4.69, 9.17) is 23.2 Å². The van der Waals surface area contributed by atoms with E-state index < -0.39 is 10.0 Å². The minimum absolute atomic E-state index is 0.377. The van der Waals surface area contributed by atoms with Crippen LogP contribution in [0.5, 0.6) is 0 Å². The summed E-state index contributed by atoms with van der Waals surface area (Å²) in [6, 6.07) is 10.8. The number of benzene rings is 2. The van der Waals surface area contributed by atoms with Gasteiger partial charge in [0.1, 0.15) is 0 Å². The van der Waals surface area contributed by atoms with Crippen LogP contribution in [0.25, 0.3) is 0 Å². The van der Waals surface area contributed by atoms with Gasteiger partial charge in [-0.25, -0.2) is 8.42 Å². The highest BCUT2D eigenvalue weighted by molar-refractivity contribution is 7.89. The molecule has 3 rings (SSSR count). The average molecular weight is 399 g/mol. The fraction of sp³-hybridized carbons (Fsp3) is 0.333. The molecular weight excluding hydrogens is 379 g/mol. The van der Waals surface area contributed by atoms with Gasteiger partial charge >= 0.3 is 0 Å². The summed E-state index contributed by atoms with van der Waals surface area (Å²) in [5.74, 6) is 0. The van der Waals surface area contributed by atoms with Crippen molar-refractivity contribution in [3.8, 4) is 0 Å². The van der Waals surface area contributed by atoms with Gasteiger partial charge < -0.3 is 4.90 Å². The lowest BCUT2D eigenvalue weighted by Gasteiger charge is -2.36. The summed E-state index contributed by atoms with van der Waals surface area (Å²) >= 11 is 12.5. The average Bonchev–Trinajstić information content (AvgIpc) is 2.55. The summed E-state index contributed by atoms with van der Waals surface area (Å²) in [4.78, 5) is 2.42. The Hall–Kier alpha value is -1.27. The summed E-state index contributed by atoms with van der Waals surface area (Å²) in [5, 5.41) is 1.16. The molecule has 0 bridgehead atoms. The molecule has 1 heterocycles. The van der Waals surface area contributed by atoms with Crippen LogP contribution < -0.4 is 4.90 Å². The Bertz CT molecular complexity index is 872. The molecule has 1 saturated heterocycles. The molecule has 0 atom stereocenters. The normalized spacial score (nSPS) is 16.2. The van der Waals surface area contributed by atoms with Crippen molar-refractivity contribution in [3.63, 3.8) is 0 Å². The minimum Gasteiger partial charge on any atom is -0.366 e. The maximum atomic E-state index is 13.0. The zero-order chi connectivity index (χ0) is 18.2. The summed E-state index contributed by atoms with van der Waals surface area (Å²) in [6.45, 7) is 5.69. The van der Waals surface area contributed by atoms with Crippen molar-refractivity contribution >= 4 is 38.9 Å². The maximum absolute atomic E-state index is 13.0. The van der Waals surface area contributed by atoms with Gasteiger partial charge in [0.2, 0.25) is 10.0 Å². The van der Waals surface area contributed by atoms with Crippen LogP contribution in [0.3, 0.4) is 0 Å². The van der Waals surface area contributed by atoms with Crippen LogP contribution in [0, 0.1) is 13.8 Å². The van der Waals surface area contributed by atoms with E-state index in [1.807, 2.05) is 30.9 Å². The third-order valence-electron chi connectivity index (χ3n) is 4.44. The van der Waals surface area contributed by atoms with E-state index in [1.165, 1.54) is 4.31 Å². The quantitative estimate of drug-likeness (QED) is 0.780. The number of nitrogens with zero attached hydrogens (tertiary/aromatic N) is 2. The fourth-order valence-corrected chi connectivity index (χ4v) is 5.44. The van der Waals surface area contributed by atoms with Crippen LogP contribution in [-0.2, 0) is 10.0 Å². The number of rotatable bonds is 3. The van der Waals surface area contributed by atoms with Crippen LogP contribution in [0.2, 0.25) is 10.0 Å². The number of piperazine rings is 1. The molecule has 1 aliphatic heterocycles. The van der Waals surface area contributed by atoms with Crippen molar-refractivity contribution in [1.29, 1.82) is 0 Å². The van der Waals surface area contributed by atoms with Crippen molar-refractivity contribution < 1.29 is 8.42 Å². The van der Waals surface area contributed by atoms with E-state index >= 15 is 0 Å². The van der Waals surface area contributed by atoms with Crippen LogP contribution in [-0.4, -0.2) is 38.9 Å². The highest BCUT2D eigenvalue weighted by Crippen LogP contribution is 2.34. The van der Waals surface area contributed by atoms with Gasteiger partial charge in [0.15, 0.2) is 0 Å². The van der Waals surface area contributed by atoms with Crippen LogP contribution >= 0.6 is 23.2 Å². The second-order valence-corrected chi connectivity index (χ2v) is 8.95. The maximum Gasteiger partial charge on any atom is 0.243 e. The van der Waals surface area contributed by atoms with Crippen molar-refractivity contribution in [2.75, 3.05) is 31.1 Å². The van der Waals surface area contributed by atoms with Crippen molar-refractivity contribution in [2.45, 2.75) is 18.7 Å². The standard InChI is InChI=1S/C18H20Cl2N2O2S/c1-13-6-7-17(14(2)12-13)25(23,24)22-10-8-21(9-11-22)18-15(19)4-3-5-16(18)20/h3-7,12H,8-11H2,1-2H3. The number of hydrogen-bond donors (Lipinski definition) is 0. The second kappa shape index (κ2) is 7.16. The summed E-state index contributed by atoms with van der Waals surface area (Å²) in [6.07, 6.45) is 0. The Morgan fingerprint density at radius 3 is 2.08 bits per heavy atom. The van der Waals surface area contributed by atoms with E-state index in [9.17, 15) is 8.42 Å². The summed E-state index contributed by atoms with van der Waals surface area (Å²) < 4.78 is 27.4. The molecule has 1 aliphatic rings. The molecule has 0 radical (unpaired) electrons. The molecule has 0 spiro atoms. The first-order chi connectivity index (χ1) is 11.8. The van der Waals surface area contributed by atoms with Gasteiger partial charge in [0.25, 0.3) is 0 Å². The predicted molar refractivity (Wildman–Crippen MR) is 103 cm³/mol. The van der Waals surface area contributed by atoms with Crippen molar-refractivity contribution in [1.82, 2.24) is 4.31 Å². The van der Waals surface area contributed by atoms with Gasteiger partial charge in [-0.2, -0.15) is 4.31 Å². The highest BCUT2D eigenvalue weighted by Gasteiger charge is 2.30. The number of sulfonamides is 1. The van der Waals surface area contributed by atoms with Crippen LogP contribution in [0.15, 0.2) is 41.3 Å². The Kier molecular flexibility index (Phi) is 5.30. The number of para-hydroxylation sites is 1. The minimum atomic E-state index is -3.49. The van der Waals surface area contributed by atoms with Gasteiger partial charge in [-0.3, -0.25) is 0 Å². The zero-order valence-electron chi connectivity index (χ0n) is 14.2. The Balaban J connectivity index is 1.80. The molecule has 25 heavy (non-hydrogen) atoms. The first-order valence-electron chi connectivity index (χ1n) is 8.07. The van der Waals surface area contributed by atoms with Gasteiger partial charge in [0.05, 0.1) is 20.6 Å². The lowest BCUT2D eigenvalue weighted by molar-refractivity contribution is 0.384. The molecule has 0 aromatic heterocycles. The highest BCUT2D eigenvalue weighted by atomic mass is 35.5. The van der Waals surface area contributed by atoms with E-state index in [-0.39, 0.29) is 0 Å². The molecule has 0 unspecified atom stereocenters. The molecule has 7 heteroatoms. The van der Waals surface area contributed by atoms with Gasteiger partial charge in [-0.05, 0) is 37.6 Å². The van der Waals surface area contributed by atoms with Crippen molar-refractivity contribution in [2.24, 2.45) is 0 Å². The molecule has 134 valence electrons. The third kappa shape index (κ3) is 3.65. The van der Waals surface area contributed by atoms with E-state index in [0.717, 1.165) is 16.8 Å². The second-order valence-electron chi connectivity index (χ2n) is 6.23. The first-order valence-corrected chi connectivity index (χ1v) is 10.3. The summed E-state index contributed by atoms with van der Waals surface area (Å²) in [7, 11) is -3.49. The lowest BCUT2D eigenvalue weighted by atomic mass is 10.2. The molecule has 4 nitrogen and oxygen atoms in total. The molecule has 0 saturated carbocycles. The molecule has 2 aromatic rings. The number of halogens is 2. The Labute approximate surface area is 159 Å². The topological polar surface area (TPSA) is 40.6 Å². The number of aryl methyl sites for hydroxylation is 2. The summed E-state index contributed by atoms with van der Waals surface area (Å²) in [5.41, 5.74) is 2.60. The van der Waals surface area contributed by atoms with Crippen LogP contribution in [0.4, 0.5) is 5.69 Å². The molecule has 0 aliphatic carbocycles. The number of hydrogen-bond acceptors (Lipinski definition) is 3. The molecule has 2 aromatic carbocycles. The number of anilines is 1. The monoisotopic (exact) mass is 398 g/mol. The fourth-order valence-electron chi connectivity index (χ4n) is 3.17. The van der Waals surface area contributed by atoms with E-state index in [2.05, 4.69) is 0 Å². The van der Waals surface area contributed by atoms with Gasteiger partial charge in [-0.15, -0.1) is 0 Å². The SMILES string of the molecule is Cc1ccc(S(=O)(=O)N2CCN(c3c(Cl)cccc3Cl)CC2)c(C)c1.